The second-order valence-electron chi connectivity index (χ2n) is 8.71. The largest absolute Gasteiger partial charge is 0.332 e. The van der Waals surface area contributed by atoms with E-state index in [2.05, 4.69) is 19.9 Å². The minimum Gasteiger partial charge on any atom is -0.314 e. The van der Waals surface area contributed by atoms with Crippen molar-refractivity contribution in [2.24, 2.45) is 7.05 Å². The molecule has 33 heavy (non-hydrogen) atoms. The van der Waals surface area contributed by atoms with Crippen LogP contribution < -0.4 is 11.2 Å². The highest BCUT2D eigenvalue weighted by molar-refractivity contribution is 5.78. The number of benzene rings is 2. The van der Waals surface area contributed by atoms with Crippen LogP contribution in [0, 0.1) is 5.82 Å². The van der Waals surface area contributed by atoms with E-state index in [1.165, 1.54) is 21.3 Å². The first kappa shape index (κ1) is 22.7. The van der Waals surface area contributed by atoms with E-state index in [1.54, 1.807) is 19.2 Å². The van der Waals surface area contributed by atoms with Crippen LogP contribution >= 0.6 is 0 Å². The molecule has 0 radical (unpaired) electrons. The van der Waals surface area contributed by atoms with E-state index in [9.17, 15) is 14.0 Å². The van der Waals surface area contributed by atoms with Crippen molar-refractivity contribution >= 4 is 11.2 Å². The van der Waals surface area contributed by atoms with Gasteiger partial charge in [0.05, 0.1) is 0 Å². The van der Waals surface area contributed by atoms with E-state index in [1.807, 2.05) is 29.7 Å². The number of rotatable bonds is 7. The number of unbranched alkanes of at least 4 members (excludes halogenated alkanes) is 1. The quantitative estimate of drug-likeness (QED) is 0.413. The summed E-state index contributed by atoms with van der Waals surface area (Å²) in [6.07, 6.45) is 1.60. The molecule has 4 aromatic rings. The fraction of sp³-hybridized carbons (Fsp3) is 0.346. The van der Waals surface area contributed by atoms with Crippen LogP contribution in [0.3, 0.4) is 0 Å². The van der Waals surface area contributed by atoms with Crippen LogP contribution in [0.2, 0.25) is 0 Å². The zero-order valence-electron chi connectivity index (χ0n) is 19.5. The SMILES string of the molecule is CCCCn1c(=O)c2c(nc(-c3ccccc3C(C)C)n2Cc2ccc(F)cc2)n(C)c1=O. The predicted molar refractivity (Wildman–Crippen MR) is 129 cm³/mol. The number of imidazole rings is 1. The molecule has 0 atom stereocenters. The molecule has 2 heterocycles. The molecule has 6 nitrogen and oxygen atoms in total. The molecule has 7 heteroatoms. The maximum Gasteiger partial charge on any atom is 0.332 e. The number of nitrogens with zero attached hydrogens (tertiary/aromatic N) is 4. The smallest absolute Gasteiger partial charge is 0.314 e. The molecule has 0 aliphatic rings. The van der Waals surface area contributed by atoms with Crippen LogP contribution in [0.15, 0.2) is 58.1 Å². The van der Waals surface area contributed by atoms with Crippen molar-refractivity contribution in [2.45, 2.75) is 52.6 Å². The molecule has 0 saturated carbocycles. The van der Waals surface area contributed by atoms with Gasteiger partial charge in [-0.1, -0.05) is 63.6 Å². The first-order valence-corrected chi connectivity index (χ1v) is 11.4. The summed E-state index contributed by atoms with van der Waals surface area (Å²) in [5.41, 5.74) is 2.88. The number of hydrogen-bond donors (Lipinski definition) is 0. The molecule has 0 aliphatic heterocycles. The number of aryl methyl sites for hydroxylation is 1. The third kappa shape index (κ3) is 4.15. The lowest BCUT2D eigenvalue weighted by molar-refractivity contribution is 0.565. The number of halogens is 1. The van der Waals surface area contributed by atoms with Gasteiger partial charge in [0.25, 0.3) is 5.56 Å². The summed E-state index contributed by atoms with van der Waals surface area (Å²) in [4.78, 5) is 31.4. The third-order valence-corrected chi connectivity index (χ3v) is 6.05. The van der Waals surface area contributed by atoms with Gasteiger partial charge in [-0.25, -0.2) is 14.2 Å². The van der Waals surface area contributed by atoms with Crippen molar-refractivity contribution < 1.29 is 4.39 Å². The summed E-state index contributed by atoms with van der Waals surface area (Å²) in [6, 6.07) is 14.2. The van der Waals surface area contributed by atoms with Crippen molar-refractivity contribution in [3.05, 3.63) is 86.3 Å². The molecule has 0 fully saturated rings. The number of aromatic nitrogens is 4. The Labute approximate surface area is 191 Å². The summed E-state index contributed by atoms with van der Waals surface area (Å²) in [6.45, 7) is 6.93. The molecule has 4 rings (SSSR count). The van der Waals surface area contributed by atoms with Crippen LogP contribution in [0.25, 0.3) is 22.6 Å². The Kier molecular flexibility index (Phi) is 6.31. The minimum atomic E-state index is -0.365. The summed E-state index contributed by atoms with van der Waals surface area (Å²) in [5.74, 6) is 0.549. The Morgan fingerprint density at radius 3 is 2.36 bits per heavy atom. The fourth-order valence-electron chi connectivity index (χ4n) is 4.22. The fourth-order valence-corrected chi connectivity index (χ4v) is 4.22. The predicted octanol–water partition coefficient (Wildman–Crippen LogP) is 4.67. The highest BCUT2D eigenvalue weighted by Crippen LogP contribution is 2.30. The summed E-state index contributed by atoms with van der Waals surface area (Å²) >= 11 is 0. The molecule has 0 aliphatic carbocycles. The van der Waals surface area contributed by atoms with Gasteiger partial charge in [-0.05, 0) is 35.6 Å². The van der Waals surface area contributed by atoms with Gasteiger partial charge in [-0.2, -0.15) is 0 Å². The Morgan fingerprint density at radius 1 is 1.00 bits per heavy atom. The maximum atomic E-state index is 13.6. The molecule has 0 bridgehead atoms. The Balaban J connectivity index is 2.06. The molecule has 172 valence electrons. The molecule has 0 unspecified atom stereocenters. The third-order valence-electron chi connectivity index (χ3n) is 6.05. The van der Waals surface area contributed by atoms with Crippen LogP contribution in [0.5, 0.6) is 0 Å². The first-order chi connectivity index (χ1) is 15.8. The van der Waals surface area contributed by atoms with Gasteiger partial charge in [-0.3, -0.25) is 13.9 Å². The summed E-state index contributed by atoms with van der Waals surface area (Å²) < 4.78 is 18.1. The average molecular weight is 449 g/mol. The van der Waals surface area contributed by atoms with Crippen molar-refractivity contribution in [1.29, 1.82) is 0 Å². The second-order valence-corrected chi connectivity index (χ2v) is 8.71. The molecule has 0 amide bonds. The Hall–Kier alpha value is -3.48. The van der Waals surface area contributed by atoms with Gasteiger partial charge in [0.2, 0.25) is 0 Å². The van der Waals surface area contributed by atoms with Gasteiger partial charge in [-0.15, -0.1) is 0 Å². The number of hydrogen-bond acceptors (Lipinski definition) is 3. The molecule has 0 spiro atoms. The normalized spacial score (nSPS) is 11.6. The highest BCUT2D eigenvalue weighted by Gasteiger charge is 2.23. The van der Waals surface area contributed by atoms with Crippen molar-refractivity contribution in [1.82, 2.24) is 18.7 Å². The van der Waals surface area contributed by atoms with E-state index < -0.39 is 0 Å². The second kappa shape index (κ2) is 9.17. The van der Waals surface area contributed by atoms with Gasteiger partial charge >= 0.3 is 5.69 Å². The van der Waals surface area contributed by atoms with Crippen LogP contribution in [-0.4, -0.2) is 18.7 Å². The van der Waals surface area contributed by atoms with Crippen molar-refractivity contribution in [3.63, 3.8) is 0 Å². The Morgan fingerprint density at radius 2 is 1.70 bits per heavy atom. The average Bonchev–Trinajstić information content (AvgIpc) is 3.18. The monoisotopic (exact) mass is 448 g/mol. The van der Waals surface area contributed by atoms with E-state index in [0.29, 0.717) is 30.1 Å². The standard InChI is InChI=1S/C26H29FN4O2/c1-5-6-15-30-25(32)22-24(29(4)26(30)33)28-23(21-10-8-7-9-20(21)17(2)3)31(22)16-18-11-13-19(27)14-12-18/h7-14,17H,5-6,15-16H2,1-4H3. The molecular formula is C26H29FN4O2. The van der Waals surface area contributed by atoms with Crippen LogP contribution in [0.4, 0.5) is 4.39 Å². The zero-order chi connectivity index (χ0) is 23.7. The first-order valence-electron chi connectivity index (χ1n) is 11.4. The molecule has 2 aromatic carbocycles. The van der Waals surface area contributed by atoms with E-state index in [0.717, 1.165) is 29.5 Å². The summed E-state index contributed by atoms with van der Waals surface area (Å²) in [5, 5.41) is 0. The Bertz CT molecular complexity index is 1410. The van der Waals surface area contributed by atoms with E-state index in [-0.39, 0.29) is 23.0 Å². The number of fused-ring (bicyclic) bond motifs is 1. The lowest BCUT2D eigenvalue weighted by Crippen LogP contribution is -2.39. The van der Waals surface area contributed by atoms with E-state index in [4.69, 9.17) is 4.98 Å². The van der Waals surface area contributed by atoms with Crippen molar-refractivity contribution in [2.75, 3.05) is 0 Å². The van der Waals surface area contributed by atoms with Gasteiger partial charge in [0.1, 0.15) is 11.6 Å². The molecule has 0 N–H and O–H groups in total. The summed E-state index contributed by atoms with van der Waals surface area (Å²) in [7, 11) is 1.65. The molecule has 0 saturated heterocycles. The van der Waals surface area contributed by atoms with Gasteiger partial charge < -0.3 is 4.57 Å². The van der Waals surface area contributed by atoms with Gasteiger partial charge in [0.15, 0.2) is 11.2 Å². The van der Waals surface area contributed by atoms with E-state index >= 15 is 0 Å². The van der Waals surface area contributed by atoms with Crippen LogP contribution in [-0.2, 0) is 20.1 Å². The lowest BCUT2D eigenvalue weighted by atomic mass is 9.97. The lowest BCUT2D eigenvalue weighted by Gasteiger charge is -2.15. The van der Waals surface area contributed by atoms with Crippen molar-refractivity contribution in [3.8, 4) is 11.4 Å². The zero-order valence-corrected chi connectivity index (χ0v) is 19.5. The van der Waals surface area contributed by atoms with Gasteiger partial charge in [0, 0.05) is 25.7 Å². The minimum absolute atomic E-state index is 0.241. The highest BCUT2D eigenvalue weighted by atomic mass is 19.1. The van der Waals surface area contributed by atoms with Crippen LogP contribution in [0.1, 0.15) is 50.7 Å². The molecular weight excluding hydrogens is 419 g/mol. The maximum absolute atomic E-state index is 13.6. The molecule has 2 aromatic heterocycles. The topological polar surface area (TPSA) is 61.8 Å².